The Kier molecular flexibility index (Phi) is 6.34. The van der Waals surface area contributed by atoms with Crippen molar-refractivity contribution in [2.75, 3.05) is 18.5 Å². The van der Waals surface area contributed by atoms with E-state index in [-0.39, 0.29) is 23.1 Å². The summed E-state index contributed by atoms with van der Waals surface area (Å²) in [6, 6.07) is 5.03. The van der Waals surface area contributed by atoms with Gasteiger partial charge in [-0.1, -0.05) is 6.07 Å². The van der Waals surface area contributed by atoms with Gasteiger partial charge in [0.05, 0.1) is 0 Å². The van der Waals surface area contributed by atoms with E-state index >= 15 is 0 Å². The van der Waals surface area contributed by atoms with E-state index < -0.39 is 0 Å². The number of halogens is 1. The molecule has 0 saturated heterocycles. The van der Waals surface area contributed by atoms with Crippen molar-refractivity contribution in [3.8, 4) is 0 Å². The summed E-state index contributed by atoms with van der Waals surface area (Å²) in [5.41, 5.74) is 5.87. The average molecular weight is 276 g/mol. The van der Waals surface area contributed by atoms with E-state index in [1.807, 2.05) is 6.26 Å². The summed E-state index contributed by atoms with van der Waals surface area (Å²) in [6.45, 7) is 4.75. The number of hydrogen-bond donors (Lipinski definition) is 2. The third kappa shape index (κ3) is 5.28. The normalized spacial score (nSPS) is 10.5. The predicted octanol–water partition coefficient (Wildman–Crippen LogP) is 1.96. The first-order valence-electron chi connectivity index (χ1n) is 5.00. The van der Waals surface area contributed by atoms with E-state index in [9.17, 15) is 4.79 Å². The number of nitrogens with one attached hydrogen (secondary N) is 1. The van der Waals surface area contributed by atoms with Crippen LogP contribution in [0.5, 0.6) is 0 Å². The molecule has 1 rings (SSSR count). The Hall–Kier alpha value is -0.940. The molecule has 0 aliphatic heterocycles. The molecule has 0 fully saturated rings. The number of amides is 1. The first kappa shape index (κ1) is 16.1. The minimum atomic E-state index is -0.186. The number of thioether (sulfide) groups is 1. The van der Waals surface area contributed by atoms with Crippen LogP contribution in [0.25, 0.3) is 0 Å². The maximum Gasteiger partial charge on any atom is 0.270 e. The first-order valence-corrected chi connectivity index (χ1v) is 6.23. The molecule has 0 spiro atoms. The van der Waals surface area contributed by atoms with Crippen molar-refractivity contribution in [3.63, 3.8) is 0 Å². The van der Waals surface area contributed by atoms with E-state index in [4.69, 9.17) is 5.73 Å². The van der Waals surface area contributed by atoms with Crippen molar-refractivity contribution < 1.29 is 4.79 Å². The van der Waals surface area contributed by atoms with Gasteiger partial charge in [0.1, 0.15) is 11.5 Å². The Labute approximate surface area is 112 Å². The Bertz CT molecular complexity index is 385. The fraction of sp³-hybridized carbons (Fsp3) is 0.455. The molecule has 0 radical (unpaired) electrons. The molecule has 6 heteroatoms. The second-order valence-electron chi connectivity index (χ2n) is 4.09. The van der Waals surface area contributed by atoms with Crippen LogP contribution in [0.4, 0.5) is 5.82 Å². The third-order valence-electron chi connectivity index (χ3n) is 2.23. The molecular formula is C11H18ClN3OS. The first-order chi connectivity index (χ1) is 7.44. The molecule has 1 heterocycles. The molecule has 0 saturated carbocycles. The number of pyridine rings is 1. The quantitative estimate of drug-likeness (QED) is 0.881. The smallest absolute Gasteiger partial charge is 0.270 e. The van der Waals surface area contributed by atoms with E-state index in [2.05, 4.69) is 24.1 Å². The molecule has 1 amide bonds. The number of nitrogens with two attached hydrogens (primary N) is 1. The highest BCUT2D eigenvalue weighted by molar-refractivity contribution is 7.99. The lowest BCUT2D eigenvalue weighted by Crippen LogP contribution is -2.36. The molecular weight excluding hydrogens is 258 g/mol. The molecule has 1 aromatic rings. The van der Waals surface area contributed by atoms with Gasteiger partial charge in [0.2, 0.25) is 0 Å². The lowest BCUT2D eigenvalue weighted by Gasteiger charge is -2.21. The number of aromatic nitrogens is 1. The van der Waals surface area contributed by atoms with Crippen LogP contribution in [0.1, 0.15) is 24.3 Å². The van der Waals surface area contributed by atoms with Crippen molar-refractivity contribution >= 4 is 35.9 Å². The van der Waals surface area contributed by atoms with Gasteiger partial charge in [-0.25, -0.2) is 4.98 Å². The number of hydrogen-bond acceptors (Lipinski definition) is 4. The third-order valence-corrected chi connectivity index (χ3v) is 3.48. The van der Waals surface area contributed by atoms with Crippen LogP contribution in [0.3, 0.4) is 0 Å². The summed E-state index contributed by atoms with van der Waals surface area (Å²) in [6.07, 6.45) is 2.02. The molecule has 4 nitrogen and oxygen atoms in total. The van der Waals surface area contributed by atoms with E-state index in [0.29, 0.717) is 18.1 Å². The molecule has 0 aliphatic carbocycles. The van der Waals surface area contributed by atoms with Gasteiger partial charge in [-0.2, -0.15) is 11.8 Å². The summed E-state index contributed by atoms with van der Waals surface area (Å²) < 4.78 is 0.0238. The number of rotatable bonds is 4. The van der Waals surface area contributed by atoms with Crippen molar-refractivity contribution in [3.05, 3.63) is 23.9 Å². The number of nitrogen functional groups attached to an aromatic ring is 1. The highest BCUT2D eigenvalue weighted by Gasteiger charge is 2.17. The summed E-state index contributed by atoms with van der Waals surface area (Å²) in [5.74, 6) is 0.172. The van der Waals surface area contributed by atoms with Gasteiger partial charge in [0.15, 0.2) is 0 Å². The molecule has 0 aromatic carbocycles. The van der Waals surface area contributed by atoms with Crippen LogP contribution < -0.4 is 11.1 Å². The SMILES string of the molecule is CSC(C)(C)CNC(=O)c1cccc(N)n1.Cl. The second-order valence-corrected chi connectivity index (χ2v) is 5.61. The van der Waals surface area contributed by atoms with Crippen LogP contribution in [-0.2, 0) is 0 Å². The number of carbonyl (C=O) groups is 1. The Morgan fingerprint density at radius 3 is 2.71 bits per heavy atom. The monoisotopic (exact) mass is 275 g/mol. The number of carbonyl (C=O) groups excluding carboxylic acids is 1. The van der Waals surface area contributed by atoms with Gasteiger partial charge >= 0.3 is 0 Å². The van der Waals surface area contributed by atoms with Gasteiger partial charge in [-0.05, 0) is 32.2 Å². The zero-order valence-electron chi connectivity index (χ0n) is 10.2. The molecule has 0 bridgehead atoms. The maximum atomic E-state index is 11.7. The fourth-order valence-corrected chi connectivity index (χ4v) is 1.25. The average Bonchev–Trinajstić information content (AvgIpc) is 2.26. The van der Waals surface area contributed by atoms with Gasteiger partial charge in [-0.15, -0.1) is 12.4 Å². The van der Waals surface area contributed by atoms with Gasteiger partial charge in [-0.3, -0.25) is 4.79 Å². The zero-order chi connectivity index (χ0) is 12.2. The van der Waals surface area contributed by atoms with Crippen LogP contribution in [0.15, 0.2) is 18.2 Å². The van der Waals surface area contributed by atoms with Crippen molar-refractivity contribution in [2.45, 2.75) is 18.6 Å². The van der Waals surface area contributed by atoms with Crippen LogP contribution in [0.2, 0.25) is 0 Å². The summed E-state index contributed by atoms with van der Waals surface area (Å²) >= 11 is 1.71. The highest BCUT2D eigenvalue weighted by Crippen LogP contribution is 2.19. The topological polar surface area (TPSA) is 68.0 Å². The number of nitrogens with zero attached hydrogens (tertiary/aromatic N) is 1. The van der Waals surface area contributed by atoms with Crippen LogP contribution in [-0.4, -0.2) is 28.4 Å². The molecule has 1 aromatic heterocycles. The minimum absolute atomic E-state index is 0. The van der Waals surface area contributed by atoms with E-state index in [1.54, 1.807) is 30.0 Å². The van der Waals surface area contributed by atoms with Gasteiger partial charge < -0.3 is 11.1 Å². The minimum Gasteiger partial charge on any atom is -0.384 e. The Balaban J connectivity index is 0.00000256. The molecule has 96 valence electrons. The van der Waals surface area contributed by atoms with Gasteiger partial charge in [0, 0.05) is 11.3 Å². The molecule has 17 heavy (non-hydrogen) atoms. The van der Waals surface area contributed by atoms with Crippen molar-refractivity contribution in [1.82, 2.24) is 10.3 Å². The Morgan fingerprint density at radius 1 is 1.53 bits per heavy atom. The molecule has 0 aliphatic rings. The van der Waals surface area contributed by atoms with Crippen LogP contribution in [0, 0.1) is 0 Å². The lowest BCUT2D eigenvalue weighted by molar-refractivity contribution is 0.0946. The summed E-state index contributed by atoms with van der Waals surface area (Å²) in [5, 5.41) is 2.84. The van der Waals surface area contributed by atoms with Crippen LogP contribution >= 0.6 is 24.2 Å². The predicted molar refractivity (Wildman–Crippen MR) is 75.8 cm³/mol. The fourth-order valence-electron chi connectivity index (χ4n) is 1.03. The summed E-state index contributed by atoms with van der Waals surface area (Å²) in [7, 11) is 0. The molecule has 0 unspecified atom stereocenters. The van der Waals surface area contributed by atoms with E-state index in [0.717, 1.165) is 0 Å². The largest absolute Gasteiger partial charge is 0.384 e. The molecule has 3 N–H and O–H groups in total. The lowest BCUT2D eigenvalue weighted by atomic mass is 10.2. The van der Waals surface area contributed by atoms with E-state index in [1.165, 1.54) is 0 Å². The Morgan fingerprint density at radius 2 is 2.18 bits per heavy atom. The van der Waals surface area contributed by atoms with Gasteiger partial charge in [0.25, 0.3) is 5.91 Å². The molecule has 0 atom stereocenters. The summed E-state index contributed by atoms with van der Waals surface area (Å²) in [4.78, 5) is 15.7. The standard InChI is InChI=1S/C11H17N3OS.ClH/c1-11(2,16-3)7-13-10(15)8-5-4-6-9(12)14-8;/h4-6H,7H2,1-3H3,(H2,12,14)(H,13,15);1H. The van der Waals surface area contributed by atoms with Crippen molar-refractivity contribution in [2.24, 2.45) is 0 Å². The second kappa shape index (κ2) is 6.71. The highest BCUT2D eigenvalue weighted by atomic mass is 35.5. The maximum absolute atomic E-state index is 11.7. The van der Waals surface area contributed by atoms with Crippen molar-refractivity contribution in [1.29, 1.82) is 0 Å². The number of anilines is 1. The zero-order valence-corrected chi connectivity index (χ0v) is 11.8.